The molecule has 1 N–H and O–H groups in total. The maximum absolute atomic E-state index is 13.4. The zero-order valence-corrected chi connectivity index (χ0v) is 15.8. The van der Waals surface area contributed by atoms with E-state index in [1.165, 1.54) is 0 Å². The number of alkyl halides is 2. The molecule has 0 radical (unpaired) electrons. The van der Waals surface area contributed by atoms with E-state index in [9.17, 15) is 13.6 Å². The Balaban J connectivity index is 1.90. The van der Waals surface area contributed by atoms with Crippen LogP contribution in [0.2, 0.25) is 0 Å². The first-order valence-electron chi connectivity index (χ1n) is 9.14. The fraction of sp³-hybridized carbons (Fsp3) is 0.526. The number of nitrogens with one attached hydrogen (secondary N) is 1. The summed E-state index contributed by atoms with van der Waals surface area (Å²) in [5.41, 5.74) is 2.06. The lowest BCUT2D eigenvalue weighted by Crippen LogP contribution is -2.32. The van der Waals surface area contributed by atoms with Crippen molar-refractivity contribution >= 4 is 11.8 Å². The van der Waals surface area contributed by atoms with Crippen molar-refractivity contribution in [2.45, 2.75) is 58.4 Å². The van der Waals surface area contributed by atoms with Gasteiger partial charge in [-0.2, -0.15) is 5.10 Å². The molecule has 0 unspecified atom stereocenters. The Morgan fingerprint density at radius 3 is 2.59 bits per heavy atom. The quantitative estimate of drug-likeness (QED) is 0.795. The second-order valence-electron chi connectivity index (χ2n) is 6.93. The Bertz CT molecular complexity index is 825. The Morgan fingerprint density at radius 1 is 1.30 bits per heavy atom. The van der Waals surface area contributed by atoms with Gasteiger partial charge in [-0.3, -0.25) is 0 Å². The van der Waals surface area contributed by atoms with Crippen LogP contribution >= 0.6 is 0 Å². The summed E-state index contributed by atoms with van der Waals surface area (Å²) in [5, 5.41) is 7.61. The average Bonchev–Trinajstić information content (AvgIpc) is 2.95. The maximum Gasteiger partial charge on any atom is 0.338 e. The normalized spacial score (nSPS) is 16.9. The van der Waals surface area contributed by atoms with Gasteiger partial charge in [0.15, 0.2) is 5.82 Å². The van der Waals surface area contributed by atoms with E-state index in [-0.39, 0.29) is 25.5 Å². The number of nitrogens with zero attached hydrogens (tertiary/aromatic N) is 3. The highest BCUT2D eigenvalue weighted by Crippen LogP contribution is 2.34. The number of aryl methyl sites for hydroxylation is 2. The second kappa shape index (κ2) is 7.62. The molecule has 2 heterocycles. The summed E-state index contributed by atoms with van der Waals surface area (Å²) in [6.45, 7) is 5.77. The number of halogens is 2. The van der Waals surface area contributed by atoms with Crippen molar-refractivity contribution in [2.75, 3.05) is 11.9 Å². The summed E-state index contributed by atoms with van der Waals surface area (Å²) in [6, 6.07) is 5.02. The molecule has 1 fully saturated rings. The van der Waals surface area contributed by atoms with Crippen molar-refractivity contribution in [1.82, 2.24) is 14.8 Å². The average molecular weight is 378 g/mol. The van der Waals surface area contributed by atoms with Gasteiger partial charge in [0.2, 0.25) is 5.92 Å². The highest BCUT2D eigenvalue weighted by atomic mass is 19.3. The minimum absolute atomic E-state index is 0.108. The highest BCUT2D eigenvalue weighted by molar-refractivity contribution is 5.90. The van der Waals surface area contributed by atoms with Gasteiger partial charge < -0.3 is 10.1 Å². The third-order valence-corrected chi connectivity index (χ3v) is 4.62. The molecule has 0 spiro atoms. The molecule has 6 nitrogen and oxygen atoms in total. The summed E-state index contributed by atoms with van der Waals surface area (Å²) >= 11 is 0. The smallest absolute Gasteiger partial charge is 0.338 e. The monoisotopic (exact) mass is 378 g/mol. The molecule has 2 aromatic heterocycles. The minimum Gasteiger partial charge on any atom is -0.462 e. The molecule has 3 rings (SSSR count). The number of rotatable bonds is 5. The van der Waals surface area contributed by atoms with Crippen LogP contribution < -0.4 is 5.32 Å². The molecule has 0 aromatic carbocycles. The Labute approximate surface area is 156 Å². The van der Waals surface area contributed by atoms with Crippen LogP contribution in [0, 0.1) is 13.8 Å². The topological polar surface area (TPSA) is 69.0 Å². The molecule has 1 saturated carbocycles. The van der Waals surface area contributed by atoms with Crippen molar-refractivity contribution in [3.05, 3.63) is 35.2 Å². The van der Waals surface area contributed by atoms with E-state index in [0.717, 1.165) is 11.4 Å². The molecule has 27 heavy (non-hydrogen) atoms. The van der Waals surface area contributed by atoms with E-state index in [1.807, 2.05) is 19.9 Å². The Hall–Kier alpha value is -2.51. The van der Waals surface area contributed by atoms with Crippen molar-refractivity contribution in [2.24, 2.45) is 0 Å². The van der Waals surface area contributed by atoms with E-state index < -0.39 is 11.9 Å². The van der Waals surface area contributed by atoms with Crippen LogP contribution in [0.15, 0.2) is 18.2 Å². The molecular formula is C19H24F2N4O2. The molecular weight excluding hydrogens is 354 g/mol. The number of esters is 1. The first kappa shape index (κ1) is 19.3. The first-order chi connectivity index (χ1) is 12.8. The van der Waals surface area contributed by atoms with Gasteiger partial charge in [0, 0.05) is 24.6 Å². The summed E-state index contributed by atoms with van der Waals surface area (Å²) in [6.07, 6.45) is 0.417. The SMILES string of the molecule is CCOC(=O)c1cc(NC2CCC(F)(F)CC2)nc(-n2nc(C)cc2C)c1. The van der Waals surface area contributed by atoms with Crippen LogP contribution in [0.1, 0.15) is 54.4 Å². The summed E-state index contributed by atoms with van der Waals surface area (Å²) in [7, 11) is 0. The van der Waals surface area contributed by atoms with E-state index in [0.29, 0.717) is 30.0 Å². The van der Waals surface area contributed by atoms with Crippen molar-refractivity contribution in [3.8, 4) is 5.82 Å². The van der Waals surface area contributed by atoms with Crippen molar-refractivity contribution < 1.29 is 18.3 Å². The third kappa shape index (κ3) is 4.61. The van der Waals surface area contributed by atoms with Gasteiger partial charge in [-0.25, -0.2) is 23.2 Å². The molecule has 1 aliphatic carbocycles. The largest absolute Gasteiger partial charge is 0.462 e. The lowest BCUT2D eigenvalue weighted by molar-refractivity contribution is -0.0361. The van der Waals surface area contributed by atoms with Crippen molar-refractivity contribution in [3.63, 3.8) is 0 Å². The Kier molecular flexibility index (Phi) is 5.43. The minimum atomic E-state index is -2.59. The van der Waals surface area contributed by atoms with Gasteiger partial charge in [-0.1, -0.05) is 0 Å². The molecule has 8 heteroatoms. The number of anilines is 1. The molecule has 1 aliphatic rings. The highest BCUT2D eigenvalue weighted by Gasteiger charge is 2.35. The number of pyridine rings is 1. The van der Waals surface area contributed by atoms with Crippen LogP contribution in [0.5, 0.6) is 0 Å². The zero-order chi connectivity index (χ0) is 19.6. The zero-order valence-electron chi connectivity index (χ0n) is 15.8. The van der Waals surface area contributed by atoms with Gasteiger partial charge in [0.1, 0.15) is 5.82 Å². The van der Waals surface area contributed by atoms with Gasteiger partial charge in [0.25, 0.3) is 0 Å². The second-order valence-corrected chi connectivity index (χ2v) is 6.93. The number of hydrogen-bond donors (Lipinski definition) is 1. The molecule has 0 aliphatic heterocycles. The van der Waals surface area contributed by atoms with Crippen LogP contribution in [0.25, 0.3) is 5.82 Å². The first-order valence-corrected chi connectivity index (χ1v) is 9.14. The van der Waals surface area contributed by atoms with E-state index in [2.05, 4.69) is 15.4 Å². The molecule has 0 atom stereocenters. The predicted octanol–water partition coefficient (Wildman–Crippen LogP) is 4.05. The molecule has 0 bridgehead atoms. The van der Waals surface area contributed by atoms with Crippen LogP contribution in [-0.2, 0) is 4.74 Å². The fourth-order valence-electron chi connectivity index (χ4n) is 3.29. The molecule has 146 valence electrons. The summed E-state index contributed by atoms with van der Waals surface area (Å²) in [5.74, 6) is -2.11. The number of carbonyl (C=O) groups is 1. The predicted molar refractivity (Wildman–Crippen MR) is 97.6 cm³/mol. The van der Waals surface area contributed by atoms with Gasteiger partial charge in [0.05, 0.1) is 17.9 Å². The molecule has 0 amide bonds. The van der Waals surface area contributed by atoms with Crippen LogP contribution in [0.4, 0.5) is 14.6 Å². The Morgan fingerprint density at radius 2 is 2.00 bits per heavy atom. The van der Waals surface area contributed by atoms with Crippen molar-refractivity contribution in [1.29, 1.82) is 0 Å². The third-order valence-electron chi connectivity index (χ3n) is 4.62. The molecule has 2 aromatic rings. The van der Waals surface area contributed by atoms with E-state index in [4.69, 9.17) is 4.74 Å². The maximum atomic E-state index is 13.4. The number of aromatic nitrogens is 3. The fourth-order valence-corrected chi connectivity index (χ4v) is 3.29. The lowest BCUT2D eigenvalue weighted by atomic mass is 9.92. The lowest BCUT2D eigenvalue weighted by Gasteiger charge is -2.29. The summed E-state index contributed by atoms with van der Waals surface area (Å²) in [4.78, 5) is 16.8. The number of ether oxygens (including phenoxy) is 1. The van der Waals surface area contributed by atoms with Gasteiger partial charge in [-0.05, 0) is 51.8 Å². The molecule has 0 saturated heterocycles. The van der Waals surface area contributed by atoms with E-state index >= 15 is 0 Å². The van der Waals surface area contributed by atoms with Crippen LogP contribution in [0.3, 0.4) is 0 Å². The standard InChI is InChI=1S/C19H24F2N4O2/c1-4-27-18(26)14-10-16(22-15-5-7-19(20,21)8-6-15)23-17(11-14)25-13(3)9-12(2)24-25/h9-11,15H,4-8H2,1-3H3,(H,22,23). The van der Waals surface area contributed by atoms with Crippen LogP contribution in [-0.4, -0.2) is 39.3 Å². The van der Waals surface area contributed by atoms with Gasteiger partial charge >= 0.3 is 5.97 Å². The summed E-state index contributed by atoms with van der Waals surface area (Å²) < 4.78 is 33.5. The van der Waals surface area contributed by atoms with Gasteiger partial charge in [-0.15, -0.1) is 0 Å². The number of carbonyl (C=O) groups excluding carboxylic acids is 1. The number of hydrogen-bond acceptors (Lipinski definition) is 5. The van der Waals surface area contributed by atoms with E-state index in [1.54, 1.807) is 23.7 Å².